The van der Waals surface area contributed by atoms with Crippen molar-refractivity contribution in [1.82, 2.24) is 0 Å². The highest BCUT2D eigenvalue weighted by atomic mass is 35.5. The number of halogens is 2. The van der Waals surface area contributed by atoms with Crippen molar-refractivity contribution in [3.63, 3.8) is 0 Å². The van der Waals surface area contributed by atoms with E-state index in [4.69, 9.17) is 11.6 Å². The number of benzene rings is 2. The summed E-state index contributed by atoms with van der Waals surface area (Å²) >= 11 is 5.71. The SMILES string of the molecule is O=CC(c1ccccc1)c1ccc(F)c(Cl)c1. The van der Waals surface area contributed by atoms with E-state index in [1.54, 1.807) is 6.07 Å². The van der Waals surface area contributed by atoms with Crippen molar-refractivity contribution in [1.29, 1.82) is 0 Å². The predicted octanol–water partition coefficient (Wildman–Crippen LogP) is 3.81. The first-order valence-electron chi connectivity index (χ1n) is 5.17. The van der Waals surface area contributed by atoms with Gasteiger partial charge >= 0.3 is 0 Å². The molecule has 0 fully saturated rings. The van der Waals surface area contributed by atoms with E-state index in [1.165, 1.54) is 12.1 Å². The largest absolute Gasteiger partial charge is 0.302 e. The van der Waals surface area contributed by atoms with Gasteiger partial charge < -0.3 is 4.79 Å². The van der Waals surface area contributed by atoms with Crippen LogP contribution < -0.4 is 0 Å². The minimum atomic E-state index is -0.479. The van der Waals surface area contributed by atoms with Gasteiger partial charge in [-0.1, -0.05) is 48.0 Å². The van der Waals surface area contributed by atoms with Crippen LogP contribution in [0.15, 0.2) is 48.5 Å². The summed E-state index contributed by atoms with van der Waals surface area (Å²) in [6.07, 6.45) is 0.832. The minimum Gasteiger partial charge on any atom is -0.302 e. The van der Waals surface area contributed by atoms with Gasteiger partial charge in [0.1, 0.15) is 12.1 Å². The molecule has 0 aliphatic carbocycles. The molecule has 86 valence electrons. The fourth-order valence-electron chi connectivity index (χ4n) is 1.72. The summed E-state index contributed by atoms with van der Waals surface area (Å²) in [6.45, 7) is 0. The summed E-state index contributed by atoms with van der Waals surface area (Å²) in [5.41, 5.74) is 1.56. The number of hydrogen-bond acceptors (Lipinski definition) is 1. The zero-order valence-corrected chi connectivity index (χ0v) is 9.69. The lowest BCUT2D eigenvalue weighted by atomic mass is 9.93. The lowest BCUT2D eigenvalue weighted by molar-refractivity contribution is -0.108. The van der Waals surface area contributed by atoms with Gasteiger partial charge in [-0.15, -0.1) is 0 Å². The van der Waals surface area contributed by atoms with Gasteiger partial charge in [0.25, 0.3) is 0 Å². The molecule has 0 amide bonds. The standard InChI is InChI=1S/C14H10ClFO/c15-13-8-11(6-7-14(13)16)12(9-17)10-4-2-1-3-5-10/h1-9,12H. The van der Waals surface area contributed by atoms with Crippen molar-refractivity contribution in [3.05, 3.63) is 70.5 Å². The average Bonchev–Trinajstić information content (AvgIpc) is 2.36. The zero-order chi connectivity index (χ0) is 12.3. The Morgan fingerprint density at radius 2 is 1.76 bits per heavy atom. The average molecular weight is 249 g/mol. The van der Waals surface area contributed by atoms with E-state index in [1.807, 2.05) is 30.3 Å². The summed E-state index contributed by atoms with van der Waals surface area (Å²) < 4.78 is 13.0. The van der Waals surface area contributed by atoms with E-state index in [0.717, 1.165) is 11.8 Å². The molecule has 0 aliphatic rings. The normalized spacial score (nSPS) is 12.1. The Kier molecular flexibility index (Phi) is 3.55. The van der Waals surface area contributed by atoms with Gasteiger partial charge in [-0.3, -0.25) is 0 Å². The van der Waals surface area contributed by atoms with E-state index >= 15 is 0 Å². The van der Waals surface area contributed by atoms with E-state index < -0.39 is 11.7 Å². The van der Waals surface area contributed by atoms with E-state index in [-0.39, 0.29) is 5.02 Å². The van der Waals surface area contributed by atoms with E-state index in [2.05, 4.69) is 0 Å². The lowest BCUT2D eigenvalue weighted by Crippen LogP contribution is -2.02. The minimum absolute atomic E-state index is 0.0327. The van der Waals surface area contributed by atoms with E-state index in [0.29, 0.717) is 5.56 Å². The van der Waals surface area contributed by atoms with Crippen molar-refractivity contribution in [2.45, 2.75) is 5.92 Å². The van der Waals surface area contributed by atoms with Crippen LogP contribution in [0.1, 0.15) is 17.0 Å². The fraction of sp³-hybridized carbons (Fsp3) is 0.0714. The first-order valence-corrected chi connectivity index (χ1v) is 5.55. The van der Waals surface area contributed by atoms with Crippen LogP contribution in [0.2, 0.25) is 5.02 Å². The van der Waals surface area contributed by atoms with Gasteiger partial charge in [-0.05, 0) is 23.3 Å². The van der Waals surface area contributed by atoms with Crippen LogP contribution >= 0.6 is 11.6 Å². The van der Waals surface area contributed by atoms with Crippen LogP contribution in [-0.2, 0) is 4.79 Å². The van der Waals surface area contributed by atoms with Gasteiger partial charge in [-0.25, -0.2) is 4.39 Å². The van der Waals surface area contributed by atoms with Gasteiger partial charge in [0.15, 0.2) is 0 Å². The van der Waals surface area contributed by atoms with Crippen LogP contribution in [0.5, 0.6) is 0 Å². The molecular formula is C14H10ClFO. The Morgan fingerprint density at radius 3 is 2.35 bits per heavy atom. The third-order valence-corrected chi connectivity index (χ3v) is 2.89. The van der Waals surface area contributed by atoms with Crippen LogP contribution in [0.25, 0.3) is 0 Å². The molecule has 2 rings (SSSR count). The molecule has 1 nitrogen and oxygen atoms in total. The summed E-state index contributed by atoms with van der Waals surface area (Å²) in [5, 5.41) is 0.0327. The van der Waals surface area contributed by atoms with Crippen LogP contribution in [-0.4, -0.2) is 6.29 Å². The predicted molar refractivity (Wildman–Crippen MR) is 65.8 cm³/mol. The molecule has 0 heterocycles. The number of aldehydes is 1. The highest BCUT2D eigenvalue weighted by molar-refractivity contribution is 6.30. The Labute approximate surface area is 104 Å². The lowest BCUT2D eigenvalue weighted by Gasteiger charge is -2.11. The maximum atomic E-state index is 13.0. The van der Waals surface area contributed by atoms with Crippen molar-refractivity contribution in [2.24, 2.45) is 0 Å². The summed E-state index contributed by atoms with van der Waals surface area (Å²) in [4.78, 5) is 11.2. The first-order chi connectivity index (χ1) is 8.22. The van der Waals surface area contributed by atoms with Crippen molar-refractivity contribution in [3.8, 4) is 0 Å². The molecule has 0 saturated carbocycles. The number of carbonyl (C=O) groups is 1. The molecule has 0 bridgehead atoms. The second-order valence-corrected chi connectivity index (χ2v) is 4.11. The van der Waals surface area contributed by atoms with Crippen LogP contribution in [0, 0.1) is 5.82 Å². The Bertz CT molecular complexity index is 525. The molecule has 2 aromatic rings. The summed E-state index contributed by atoms with van der Waals surface area (Å²) in [5.74, 6) is -0.887. The number of hydrogen-bond donors (Lipinski definition) is 0. The van der Waals surface area contributed by atoms with Gasteiger partial charge in [0.2, 0.25) is 0 Å². The van der Waals surface area contributed by atoms with Gasteiger partial charge in [-0.2, -0.15) is 0 Å². The highest BCUT2D eigenvalue weighted by Crippen LogP contribution is 2.26. The van der Waals surface area contributed by atoms with Crippen LogP contribution in [0.3, 0.4) is 0 Å². The maximum absolute atomic E-state index is 13.0. The highest BCUT2D eigenvalue weighted by Gasteiger charge is 2.14. The smallest absolute Gasteiger partial charge is 0.141 e. The van der Waals surface area contributed by atoms with Crippen molar-refractivity contribution >= 4 is 17.9 Å². The molecular weight excluding hydrogens is 239 g/mol. The topological polar surface area (TPSA) is 17.1 Å². The number of rotatable bonds is 3. The van der Waals surface area contributed by atoms with E-state index in [9.17, 15) is 9.18 Å². The molecule has 0 N–H and O–H groups in total. The molecule has 0 aromatic heterocycles. The Morgan fingerprint density at radius 1 is 1.06 bits per heavy atom. The second kappa shape index (κ2) is 5.11. The summed E-state index contributed by atoms with van der Waals surface area (Å²) in [6, 6.07) is 13.6. The van der Waals surface area contributed by atoms with Gasteiger partial charge in [0, 0.05) is 0 Å². The fourth-order valence-corrected chi connectivity index (χ4v) is 1.90. The molecule has 0 saturated heterocycles. The molecule has 1 atom stereocenters. The van der Waals surface area contributed by atoms with Gasteiger partial charge in [0.05, 0.1) is 10.9 Å². The monoisotopic (exact) mass is 248 g/mol. The van der Waals surface area contributed by atoms with Crippen LogP contribution in [0.4, 0.5) is 4.39 Å². The zero-order valence-electron chi connectivity index (χ0n) is 8.94. The van der Waals surface area contributed by atoms with Crippen molar-refractivity contribution < 1.29 is 9.18 Å². The van der Waals surface area contributed by atoms with Crippen molar-refractivity contribution in [2.75, 3.05) is 0 Å². The molecule has 1 unspecified atom stereocenters. The second-order valence-electron chi connectivity index (χ2n) is 3.70. The third kappa shape index (κ3) is 2.53. The molecule has 2 aromatic carbocycles. The molecule has 17 heavy (non-hydrogen) atoms. The Hall–Kier alpha value is -1.67. The Balaban J connectivity index is 2.42. The summed E-state index contributed by atoms with van der Waals surface area (Å²) in [7, 11) is 0. The maximum Gasteiger partial charge on any atom is 0.141 e. The third-order valence-electron chi connectivity index (χ3n) is 2.60. The first kappa shape index (κ1) is 11.8. The molecule has 0 aliphatic heterocycles. The molecule has 3 heteroatoms. The molecule has 0 radical (unpaired) electrons. The quantitative estimate of drug-likeness (QED) is 0.755. The number of carbonyl (C=O) groups excluding carboxylic acids is 1. The molecule has 0 spiro atoms.